The first kappa shape index (κ1) is 24.7. The van der Waals surface area contributed by atoms with Gasteiger partial charge in [0.15, 0.2) is 0 Å². The Morgan fingerprint density at radius 2 is 1.25 bits per heavy atom. The summed E-state index contributed by atoms with van der Waals surface area (Å²) in [7, 11) is 0. The van der Waals surface area contributed by atoms with Crippen molar-refractivity contribution in [2.24, 2.45) is 5.92 Å². The van der Waals surface area contributed by atoms with Crippen LogP contribution in [0, 0.1) is 5.92 Å². The van der Waals surface area contributed by atoms with E-state index in [2.05, 4.69) is 35.9 Å². The average Bonchev–Trinajstić information content (AvgIpc) is 2.79. The maximum Gasteiger partial charge on any atom is 0.573 e. The SMILES string of the molecule is CCCCCCCCC[C@H]1CC[C@H](c2ccc(-c3ccc(OC(F)(F)F)cc3)cc2)CC1. The molecule has 176 valence electrons. The van der Waals surface area contributed by atoms with E-state index in [-0.39, 0.29) is 5.75 Å². The molecule has 0 amide bonds. The molecule has 1 saturated carbocycles. The number of alkyl halides is 3. The molecule has 3 rings (SSSR count). The summed E-state index contributed by atoms with van der Waals surface area (Å²) in [6.07, 6.45) is 11.6. The Kier molecular flexibility index (Phi) is 9.50. The molecule has 1 nitrogen and oxygen atoms in total. The van der Waals surface area contributed by atoms with Crippen molar-refractivity contribution < 1.29 is 17.9 Å². The fourth-order valence-electron chi connectivity index (χ4n) is 4.97. The molecule has 0 saturated heterocycles. The van der Waals surface area contributed by atoms with Crippen LogP contribution in [0.15, 0.2) is 48.5 Å². The Balaban J connectivity index is 1.41. The van der Waals surface area contributed by atoms with Gasteiger partial charge in [-0.15, -0.1) is 13.2 Å². The topological polar surface area (TPSA) is 9.23 Å². The lowest BCUT2D eigenvalue weighted by Gasteiger charge is -2.29. The first-order valence-corrected chi connectivity index (χ1v) is 12.4. The molecule has 0 spiro atoms. The zero-order valence-corrected chi connectivity index (χ0v) is 19.3. The average molecular weight is 447 g/mol. The minimum absolute atomic E-state index is 0.189. The summed E-state index contributed by atoms with van der Waals surface area (Å²) < 4.78 is 40.9. The highest BCUT2D eigenvalue weighted by molar-refractivity contribution is 5.64. The van der Waals surface area contributed by atoms with Gasteiger partial charge in [-0.2, -0.15) is 0 Å². The first-order chi connectivity index (χ1) is 15.4. The molecule has 0 aliphatic heterocycles. The van der Waals surface area contributed by atoms with Crippen molar-refractivity contribution in [3.63, 3.8) is 0 Å². The largest absolute Gasteiger partial charge is 0.573 e. The molecule has 2 aromatic carbocycles. The molecule has 0 radical (unpaired) electrons. The van der Waals surface area contributed by atoms with Crippen LogP contribution in [-0.2, 0) is 0 Å². The predicted octanol–water partition coefficient (Wildman–Crippen LogP) is 9.67. The van der Waals surface area contributed by atoms with Crippen LogP contribution in [0.5, 0.6) is 5.75 Å². The van der Waals surface area contributed by atoms with Gasteiger partial charge in [0, 0.05) is 0 Å². The number of ether oxygens (including phenoxy) is 1. The van der Waals surface area contributed by atoms with Crippen LogP contribution in [0.2, 0.25) is 0 Å². The van der Waals surface area contributed by atoms with Gasteiger partial charge in [-0.25, -0.2) is 0 Å². The van der Waals surface area contributed by atoms with Crippen LogP contribution in [0.3, 0.4) is 0 Å². The molecule has 1 aliphatic rings. The number of rotatable bonds is 11. The first-order valence-electron chi connectivity index (χ1n) is 12.4. The van der Waals surface area contributed by atoms with Crippen LogP contribution < -0.4 is 4.74 Å². The minimum atomic E-state index is -4.66. The summed E-state index contributed by atoms with van der Waals surface area (Å²) in [5.41, 5.74) is 3.30. The van der Waals surface area contributed by atoms with E-state index in [4.69, 9.17) is 0 Å². The van der Waals surface area contributed by atoms with E-state index >= 15 is 0 Å². The van der Waals surface area contributed by atoms with E-state index < -0.39 is 6.36 Å². The van der Waals surface area contributed by atoms with Crippen molar-refractivity contribution in [2.45, 2.75) is 96.3 Å². The second-order valence-electron chi connectivity index (χ2n) is 9.32. The third-order valence-corrected chi connectivity index (χ3v) is 6.87. The van der Waals surface area contributed by atoms with E-state index in [9.17, 15) is 13.2 Å². The highest BCUT2D eigenvalue weighted by Gasteiger charge is 2.31. The fourth-order valence-corrected chi connectivity index (χ4v) is 4.97. The highest BCUT2D eigenvalue weighted by Crippen LogP contribution is 2.38. The van der Waals surface area contributed by atoms with E-state index in [0.717, 1.165) is 17.0 Å². The van der Waals surface area contributed by atoms with E-state index in [1.807, 2.05) is 0 Å². The van der Waals surface area contributed by atoms with Crippen molar-refractivity contribution in [1.82, 2.24) is 0 Å². The lowest BCUT2D eigenvalue weighted by Crippen LogP contribution is -2.16. The lowest BCUT2D eigenvalue weighted by atomic mass is 9.77. The van der Waals surface area contributed by atoms with Gasteiger partial charge in [0.05, 0.1) is 0 Å². The molecule has 1 fully saturated rings. The smallest absolute Gasteiger partial charge is 0.406 e. The maximum absolute atomic E-state index is 12.3. The lowest BCUT2D eigenvalue weighted by molar-refractivity contribution is -0.274. The summed E-state index contributed by atoms with van der Waals surface area (Å²) in [6, 6.07) is 14.6. The van der Waals surface area contributed by atoms with Crippen molar-refractivity contribution in [3.8, 4) is 16.9 Å². The van der Waals surface area contributed by atoms with Gasteiger partial charge in [0.25, 0.3) is 0 Å². The van der Waals surface area contributed by atoms with Gasteiger partial charge in [-0.3, -0.25) is 0 Å². The predicted molar refractivity (Wildman–Crippen MR) is 126 cm³/mol. The summed E-state index contributed by atoms with van der Waals surface area (Å²) in [5, 5.41) is 0. The Bertz CT molecular complexity index is 772. The van der Waals surface area contributed by atoms with Crippen molar-refractivity contribution in [3.05, 3.63) is 54.1 Å². The van der Waals surface area contributed by atoms with Crippen LogP contribution in [0.25, 0.3) is 11.1 Å². The molecule has 0 heterocycles. The second-order valence-corrected chi connectivity index (χ2v) is 9.32. The van der Waals surface area contributed by atoms with Gasteiger partial charge in [0.2, 0.25) is 0 Å². The van der Waals surface area contributed by atoms with Gasteiger partial charge in [-0.1, -0.05) is 94.7 Å². The van der Waals surface area contributed by atoms with Crippen molar-refractivity contribution >= 4 is 0 Å². The van der Waals surface area contributed by atoms with Gasteiger partial charge >= 0.3 is 6.36 Å². The third-order valence-electron chi connectivity index (χ3n) is 6.87. The van der Waals surface area contributed by atoms with Crippen LogP contribution in [-0.4, -0.2) is 6.36 Å². The second kappa shape index (κ2) is 12.3. The molecule has 32 heavy (non-hydrogen) atoms. The van der Waals surface area contributed by atoms with Crippen molar-refractivity contribution in [1.29, 1.82) is 0 Å². The monoisotopic (exact) mass is 446 g/mol. The van der Waals surface area contributed by atoms with Crippen LogP contribution >= 0.6 is 0 Å². The molecule has 0 atom stereocenters. The Morgan fingerprint density at radius 3 is 1.81 bits per heavy atom. The summed E-state index contributed by atoms with van der Waals surface area (Å²) in [6.45, 7) is 2.27. The van der Waals surface area contributed by atoms with Crippen LogP contribution in [0.1, 0.15) is 95.5 Å². The molecular weight excluding hydrogens is 409 g/mol. The van der Waals surface area contributed by atoms with Gasteiger partial charge in [0.1, 0.15) is 5.75 Å². The maximum atomic E-state index is 12.3. The standard InChI is InChI=1S/C28H37F3O/c1-2-3-4-5-6-7-8-9-22-10-12-23(13-11-22)24-14-16-25(17-15-24)26-18-20-27(21-19-26)32-28(29,30)31/h14-23H,2-13H2,1H3/t22-,23-. The van der Waals surface area contributed by atoms with E-state index in [1.165, 1.54) is 94.7 Å². The number of halogens is 3. The van der Waals surface area contributed by atoms with E-state index in [0.29, 0.717) is 5.92 Å². The fraction of sp³-hybridized carbons (Fsp3) is 0.571. The summed E-state index contributed by atoms with van der Waals surface area (Å²) >= 11 is 0. The highest BCUT2D eigenvalue weighted by atomic mass is 19.4. The Hall–Kier alpha value is -1.97. The molecule has 0 N–H and O–H groups in total. The molecular formula is C28H37F3O. The van der Waals surface area contributed by atoms with E-state index in [1.54, 1.807) is 12.1 Å². The summed E-state index contributed by atoms with van der Waals surface area (Å²) in [4.78, 5) is 0. The molecule has 4 heteroatoms. The number of hydrogen-bond donors (Lipinski definition) is 0. The number of unbranched alkanes of at least 4 members (excludes halogenated alkanes) is 6. The number of benzene rings is 2. The Morgan fingerprint density at radius 1 is 0.719 bits per heavy atom. The van der Waals surface area contributed by atoms with Gasteiger partial charge < -0.3 is 4.74 Å². The van der Waals surface area contributed by atoms with Crippen LogP contribution in [0.4, 0.5) is 13.2 Å². The minimum Gasteiger partial charge on any atom is -0.406 e. The normalized spacial score (nSPS) is 19.1. The molecule has 0 aromatic heterocycles. The molecule has 0 unspecified atom stereocenters. The summed E-state index contributed by atoms with van der Waals surface area (Å²) in [5.74, 6) is 1.35. The molecule has 0 bridgehead atoms. The molecule has 1 aliphatic carbocycles. The number of hydrogen-bond acceptors (Lipinski definition) is 1. The Labute approximate surface area is 191 Å². The van der Waals surface area contributed by atoms with Gasteiger partial charge in [-0.05, 0) is 66.3 Å². The zero-order chi connectivity index (χ0) is 22.8. The molecule has 2 aromatic rings. The van der Waals surface area contributed by atoms with Crippen molar-refractivity contribution in [2.75, 3.05) is 0 Å². The zero-order valence-electron chi connectivity index (χ0n) is 19.3. The quantitative estimate of drug-likeness (QED) is 0.312. The third kappa shape index (κ3) is 8.18.